The van der Waals surface area contributed by atoms with E-state index in [1.807, 2.05) is 0 Å². The van der Waals surface area contributed by atoms with Gasteiger partial charge in [0.1, 0.15) is 0 Å². The first-order chi connectivity index (χ1) is 7.68. The molecule has 2 aliphatic rings. The largest absolute Gasteiger partial charge is 0.0670 e. The van der Waals surface area contributed by atoms with Crippen LogP contribution >= 0.6 is 0 Å². The van der Waals surface area contributed by atoms with Crippen molar-refractivity contribution >= 4 is 0 Å². The maximum Gasteiger partial charge on any atom is -0.0223 e. The second kappa shape index (κ2) is 5.21. The van der Waals surface area contributed by atoms with E-state index in [0.717, 1.165) is 11.8 Å². The minimum Gasteiger partial charge on any atom is -0.0670 e. The van der Waals surface area contributed by atoms with Crippen LogP contribution in [0, 0.1) is 11.8 Å². The molecule has 0 heteroatoms. The zero-order chi connectivity index (χ0) is 11.5. The molecule has 0 amide bonds. The van der Waals surface area contributed by atoms with Crippen molar-refractivity contribution in [2.75, 3.05) is 0 Å². The van der Waals surface area contributed by atoms with Crippen LogP contribution in [-0.4, -0.2) is 0 Å². The summed E-state index contributed by atoms with van der Waals surface area (Å²) in [7, 11) is 0. The van der Waals surface area contributed by atoms with E-state index in [0.29, 0.717) is 0 Å². The Morgan fingerprint density at radius 2 is 1.75 bits per heavy atom. The Bertz CT molecular complexity index is 296. The van der Waals surface area contributed by atoms with Crippen molar-refractivity contribution < 1.29 is 0 Å². The highest BCUT2D eigenvalue weighted by atomic mass is 14.3. The molecular formula is C16H26. The molecule has 0 aromatic heterocycles. The molecule has 0 heterocycles. The predicted octanol–water partition coefficient (Wildman–Crippen LogP) is 5.26. The normalized spacial score (nSPS) is 27.2. The fourth-order valence-corrected chi connectivity index (χ4v) is 3.27. The van der Waals surface area contributed by atoms with Crippen LogP contribution in [0.25, 0.3) is 0 Å². The third-order valence-electron chi connectivity index (χ3n) is 4.33. The lowest BCUT2D eigenvalue weighted by Crippen LogP contribution is -2.12. The highest BCUT2D eigenvalue weighted by molar-refractivity contribution is 5.34. The number of rotatable bonds is 1. The lowest BCUT2D eigenvalue weighted by Gasteiger charge is -2.28. The van der Waals surface area contributed by atoms with Gasteiger partial charge in [0.05, 0.1) is 0 Å². The van der Waals surface area contributed by atoms with Gasteiger partial charge in [0, 0.05) is 0 Å². The van der Waals surface area contributed by atoms with E-state index in [9.17, 15) is 0 Å². The summed E-state index contributed by atoms with van der Waals surface area (Å²) in [4.78, 5) is 0. The monoisotopic (exact) mass is 218 g/mol. The SMILES string of the molecule is CC(C)C1=CC(=C2CCCCC2)CCC1C. The summed E-state index contributed by atoms with van der Waals surface area (Å²) in [5.41, 5.74) is 5.19. The van der Waals surface area contributed by atoms with E-state index < -0.39 is 0 Å². The predicted molar refractivity (Wildman–Crippen MR) is 71.4 cm³/mol. The van der Waals surface area contributed by atoms with Gasteiger partial charge in [0.2, 0.25) is 0 Å². The minimum atomic E-state index is 0.731. The molecule has 2 aliphatic carbocycles. The standard InChI is InChI=1S/C16H26/c1-12(2)16-11-15(10-9-13(16)3)14-7-5-4-6-8-14/h11-13H,4-10H2,1-3H3. The molecule has 0 nitrogen and oxygen atoms in total. The van der Waals surface area contributed by atoms with E-state index in [-0.39, 0.29) is 0 Å². The number of hydrogen-bond donors (Lipinski definition) is 0. The van der Waals surface area contributed by atoms with Crippen LogP contribution in [0.1, 0.15) is 65.7 Å². The Balaban J connectivity index is 2.22. The highest BCUT2D eigenvalue weighted by Gasteiger charge is 2.20. The minimum absolute atomic E-state index is 0.731. The Morgan fingerprint density at radius 3 is 2.38 bits per heavy atom. The average molecular weight is 218 g/mol. The summed E-state index contributed by atoms with van der Waals surface area (Å²) in [5, 5.41) is 0. The zero-order valence-electron chi connectivity index (χ0n) is 11.2. The molecule has 1 atom stereocenters. The number of allylic oxidation sites excluding steroid dienone is 4. The van der Waals surface area contributed by atoms with Gasteiger partial charge in [0.15, 0.2) is 0 Å². The molecule has 0 aromatic rings. The van der Waals surface area contributed by atoms with E-state index in [1.54, 1.807) is 16.7 Å². The molecule has 2 rings (SSSR count). The van der Waals surface area contributed by atoms with Gasteiger partial charge in [-0.05, 0) is 55.9 Å². The third kappa shape index (κ3) is 2.59. The molecule has 0 aliphatic heterocycles. The van der Waals surface area contributed by atoms with Crippen LogP contribution in [0.2, 0.25) is 0 Å². The topological polar surface area (TPSA) is 0 Å². The van der Waals surface area contributed by atoms with Gasteiger partial charge in [-0.1, -0.05) is 44.4 Å². The van der Waals surface area contributed by atoms with Crippen molar-refractivity contribution in [1.82, 2.24) is 0 Å². The van der Waals surface area contributed by atoms with Crippen LogP contribution < -0.4 is 0 Å². The van der Waals surface area contributed by atoms with Crippen molar-refractivity contribution in [2.45, 2.75) is 65.7 Å². The Morgan fingerprint density at radius 1 is 1.06 bits per heavy atom. The summed E-state index contributed by atoms with van der Waals surface area (Å²) < 4.78 is 0. The van der Waals surface area contributed by atoms with E-state index in [2.05, 4.69) is 26.8 Å². The van der Waals surface area contributed by atoms with E-state index in [4.69, 9.17) is 0 Å². The first-order valence-electron chi connectivity index (χ1n) is 7.11. The first kappa shape index (κ1) is 12.0. The maximum atomic E-state index is 2.56. The van der Waals surface area contributed by atoms with Crippen molar-refractivity contribution in [3.8, 4) is 0 Å². The van der Waals surface area contributed by atoms with Crippen LogP contribution in [0.4, 0.5) is 0 Å². The summed E-state index contributed by atoms with van der Waals surface area (Å²) in [5.74, 6) is 1.54. The molecule has 1 unspecified atom stereocenters. The molecule has 90 valence electrons. The molecule has 0 radical (unpaired) electrons. The van der Waals surface area contributed by atoms with Crippen molar-refractivity contribution in [2.24, 2.45) is 11.8 Å². The molecule has 1 fully saturated rings. The van der Waals surface area contributed by atoms with Crippen molar-refractivity contribution in [3.63, 3.8) is 0 Å². The average Bonchev–Trinajstić information content (AvgIpc) is 2.30. The summed E-state index contributed by atoms with van der Waals surface area (Å²) in [6.07, 6.45) is 12.3. The third-order valence-corrected chi connectivity index (χ3v) is 4.33. The van der Waals surface area contributed by atoms with Crippen LogP contribution in [-0.2, 0) is 0 Å². The molecule has 0 N–H and O–H groups in total. The maximum absolute atomic E-state index is 2.56. The van der Waals surface area contributed by atoms with Crippen LogP contribution in [0.3, 0.4) is 0 Å². The molecule has 16 heavy (non-hydrogen) atoms. The lowest BCUT2D eigenvalue weighted by molar-refractivity contribution is 0.518. The molecule has 0 aromatic carbocycles. The highest BCUT2D eigenvalue weighted by Crippen LogP contribution is 2.36. The lowest BCUT2D eigenvalue weighted by atomic mass is 9.78. The first-order valence-corrected chi connectivity index (χ1v) is 7.11. The molecule has 0 spiro atoms. The van der Waals surface area contributed by atoms with Crippen molar-refractivity contribution in [3.05, 3.63) is 22.8 Å². The molecular weight excluding hydrogens is 192 g/mol. The van der Waals surface area contributed by atoms with Gasteiger partial charge >= 0.3 is 0 Å². The van der Waals surface area contributed by atoms with Crippen LogP contribution in [0.15, 0.2) is 22.8 Å². The van der Waals surface area contributed by atoms with Crippen molar-refractivity contribution in [1.29, 1.82) is 0 Å². The van der Waals surface area contributed by atoms with Crippen LogP contribution in [0.5, 0.6) is 0 Å². The van der Waals surface area contributed by atoms with Gasteiger partial charge in [-0.15, -0.1) is 0 Å². The quantitative estimate of drug-likeness (QED) is 0.563. The van der Waals surface area contributed by atoms with E-state index in [1.165, 1.54) is 44.9 Å². The Hall–Kier alpha value is -0.520. The summed E-state index contributed by atoms with van der Waals surface area (Å²) in [6.45, 7) is 7.09. The van der Waals surface area contributed by atoms with E-state index >= 15 is 0 Å². The zero-order valence-corrected chi connectivity index (χ0v) is 11.2. The van der Waals surface area contributed by atoms with Gasteiger partial charge in [-0.3, -0.25) is 0 Å². The summed E-state index contributed by atoms with van der Waals surface area (Å²) >= 11 is 0. The fraction of sp³-hybridized carbons (Fsp3) is 0.750. The molecule has 1 saturated carbocycles. The molecule has 0 saturated heterocycles. The number of hydrogen-bond acceptors (Lipinski definition) is 0. The Labute approximate surface area is 101 Å². The molecule has 0 bridgehead atoms. The van der Waals surface area contributed by atoms with Gasteiger partial charge in [0.25, 0.3) is 0 Å². The fourth-order valence-electron chi connectivity index (χ4n) is 3.27. The second-order valence-corrected chi connectivity index (χ2v) is 5.93. The Kier molecular flexibility index (Phi) is 3.89. The summed E-state index contributed by atoms with van der Waals surface area (Å²) in [6, 6.07) is 0. The van der Waals surface area contributed by atoms with Gasteiger partial charge in [-0.25, -0.2) is 0 Å². The smallest absolute Gasteiger partial charge is 0.0223 e. The van der Waals surface area contributed by atoms with Gasteiger partial charge < -0.3 is 0 Å². The second-order valence-electron chi connectivity index (χ2n) is 5.93. The van der Waals surface area contributed by atoms with Gasteiger partial charge in [-0.2, -0.15) is 0 Å².